The third-order valence-electron chi connectivity index (χ3n) is 5.53. The molecule has 4 rings (SSSR count). The number of rotatable bonds is 5. The molecule has 0 spiro atoms. The van der Waals surface area contributed by atoms with Crippen LogP contribution in [-0.4, -0.2) is 60.4 Å². The van der Waals surface area contributed by atoms with Crippen LogP contribution in [-0.2, 0) is 4.74 Å². The number of carbonyl (C=O) groups is 2. The van der Waals surface area contributed by atoms with Crippen LogP contribution >= 0.6 is 0 Å². The van der Waals surface area contributed by atoms with E-state index in [9.17, 15) is 14.7 Å². The molecular weight excluding hydrogens is 532 g/mol. The number of hydrogen-bond acceptors (Lipinski definition) is 7. The number of amides is 2. The molecule has 0 aliphatic carbocycles. The van der Waals surface area contributed by atoms with Gasteiger partial charge in [0.15, 0.2) is 0 Å². The number of nitrogens with zero attached hydrogens (tertiary/aromatic N) is 2. The highest BCUT2D eigenvalue weighted by atomic mass is 16.5. The van der Waals surface area contributed by atoms with Crippen molar-refractivity contribution in [2.45, 2.75) is 48.5 Å². The zero-order chi connectivity index (χ0) is 31.9. The Bertz CT molecular complexity index is 1220. The molecule has 0 saturated carbocycles. The van der Waals surface area contributed by atoms with E-state index in [1.54, 1.807) is 42.6 Å². The first-order valence-corrected chi connectivity index (χ1v) is 14.2. The van der Waals surface area contributed by atoms with Crippen LogP contribution in [0.15, 0.2) is 72.9 Å². The molecule has 1 aliphatic heterocycles. The van der Waals surface area contributed by atoms with Gasteiger partial charge < -0.3 is 30.5 Å². The number of benzene rings is 2. The summed E-state index contributed by atoms with van der Waals surface area (Å²) in [7, 11) is 1.00. The number of hydrogen-bond donors (Lipinski definition) is 4. The van der Waals surface area contributed by atoms with Crippen LogP contribution in [0.3, 0.4) is 0 Å². The van der Waals surface area contributed by atoms with Gasteiger partial charge in [0.2, 0.25) is 0 Å². The Hall–Kier alpha value is -4.21. The van der Waals surface area contributed by atoms with Crippen LogP contribution in [0, 0.1) is 6.92 Å². The average molecular weight is 581 g/mol. The van der Waals surface area contributed by atoms with E-state index in [4.69, 9.17) is 9.84 Å². The Balaban J connectivity index is 0.00000150. The topological polar surface area (TPSA) is 124 Å². The molecule has 2 amide bonds. The van der Waals surface area contributed by atoms with E-state index < -0.39 is 0 Å². The Morgan fingerprint density at radius 2 is 1.45 bits per heavy atom. The molecule has 1 fully saturated rings. The maximum absolute atomic E-state index is 12.8. The van der Waals surface area contributed by atoms with Gasteiger partial charge in [-0.2, -0.15) is 0 Å². The number of aliphatic hydroxyl groups excluding tert-OH is 1. The number of phenols is 1. The van der Waals surface area contributed by atoms with Crippen molar-refractivity contribution < 1.29 is 24.5 Å². The molecule has 2 aromatic carbocycles. The van der Waals surface area contributed by atoms with Gasteiger partial charge in [-0.25, -0.2) is 4.98 Å². The molecule has 0 radical (unpaired) electrons. The quantitative estimate of drug-likeness (QED) is 0.248. The summed E-state index contributed by atoms with van der Waals surface area (Å²) in [6.45, 7) is 16.6. The third kappa shape index (κ3) is 13.0. The summed E-state index contributed by atoms with van der Waals surface area (Å²) in [6.07, 6.45) is 5.62. The van der Waals surface area contributed by atoms with Crippen molar-refractivity contribution in [3.8, 4) is 5.75 Å². The largest absolute Gasteiger partial charge is 0.508 e. The maximum atomic E-state index is 12.8. The van der Waals surface area contributed by atoms with Gasteiger partial charge in [0.1, 0.15) is 11.6 Å². The molecule has 0 atom stereocenters. The van der Waals surface area contributed by atoms with Crippen LogP contribution < -0.4 is 15.5 Å². The number of anilines is 3. The molecule has 3 aromatic rings. The van der Waals surface area contributed by atoms with E-state index in [0.29, 0.717) is 35.7 Å². The Morgan fingerprint density at radius 3 is 2.05 bits per heavy atom. The minimum absolute atomic E-state index is 0.0178. The second kappa shape index (κ2) is 22.5. The minimum atomic E-state index is -0.350. The van der Waals surface area contributed by atoms with Crippen molar-refractivity contribution >= 4 is 29.0 Å². The summed E-state index contributed by atoms with van der Waals surface area (Å²) in [5.74, 6) is 0.140. The number of aromatic nitrogens is 1. The Labute approximate surface area is 251 Å². The van der Waals surface area contributed by atoms with Crippen molar-refractivity contribution in [2.75, 3.05) is 48.9 Å². The number of aliphatic hydroxyl groups is 1. The monoisotopic (exact) mass is 580 g/mol. The summed E-state index contributed by atoms with van der Waals surface area (Å²) in [5.41, 5.74) is 2.80. The van der Waals surface area contributed by atoms with Crippen LogP contribution in [0.4, 0.5) is 17.2 Å². The summed E-state index contributed by atoms with van der Waals surface area (Å²) in [5, 5.41) is 22.3. The van der Waals surface area contributed by atoms with E-state index in [2.05, 4.69) is 20.5 Å². The molecule has 1 aromatic heterocycles. The fourth-order valence-electron chi connectivity index (χ4n) is 3.40. The number of aromatic hydroxyl groups is 1. The number of allylic oxidation sites excluding steroid dienone is 2. The molecule has 0 bridgehead atoms. The van der Waals surface area contributed by atoms with E-state index in [-0.39, 0.29) is 17.6 Å². The first-order valence-electron chi connectivity index (χ1n) is 14.2. The van der Waals surface area contributed by atoms with Gasteiger partial charge in [-0.1, -0.05) is 52.0 Å². The lowest BCUT2D eigenvalue weighted by Crippen LogP contribution is -2.36. The second-order valence-corrected chi connectivity index (χ2v) is 8.16. The molecule has 1 aliphatic rings. The number of carbonyl (C=O) groups excluding carboxylic acids is 2. The highest BCUT2D eigenvalue weighted by molar-refractivity contribution is 6.07. The van der Waals surface area contributed by atoms with Gasteiger partial charge in [-0.15, -0.1) is 0 Å². The van der Waals surface area contributed by atoms with Gasteiger partial charge in [0.05, 0.1) is 13.2 Å². The number of phenolic OH excluding ortho intramolecular Hbond substituents is 1. The van der Waals surface area contributed by atoms with E-state index in [1.165, 1.54) is 12.1 Å². The summed E-state index contributed by atoms with van der Waals surface area (Å²) in [6, 6.07) is 14.9. The minimum Gasteiger partial charge on any atom is -0.508 e. The smallest absolute Gasteiger partial charge is 0.255 e. The van der Waals surface area contributed by atoms with Gasteiger partial charge >= 0.3 is 0 Å². The number of nitrogens with one attached hydrogen (secondary N) is 2. The summed E-state index contributed by atoms with van der Waals surface area (Å²) >= 11 is 0. The number of ether oxygens (including phenoxy) is 1. The van der Waals surface area contributed by atoms with Crippen LogP contribution in [0.25, 0.3) is 0 Å². The third-order valence-corrected chi connectivity index (χ3v) is 5.53. The highest BCUT2D eigenvalue weighted by Crippen LogP contribution is 2.23. The normalized spacial score (nSPS) is 11.6. The Kier molecular flexibility index (Phi) is 20.2. The van der Waals surface area contributed by atoms with Gasteiger partial charge in [-0.05, 0) is 68.8 Å². The SMILES string of the molecule is C/C=C\C.CC.CC.CO.Cc1ccc(NC(=O)c2ccnc(N3CCOCC3)c2)cc1NC(=O)c1cccc(O)c1. The van der Waals surface area contributed by atoms with E-state index in [0.717, 1.165) is 31.6 Å². The standard InChI is InChI=1S/C24H24N4O4.C4H8.2C2H6.CH4O/c1-16-5-6-19(15-21(16)27-24(31)17-3-2-4-20(29)13-17)26-23(30)18-7-8-25-22(14-18)28-9-11-32-12-10-28;1-3-4-2;3*1-2/h2-8,13-15,29H,9-12H2,1H3,(H,26,30)(H,27,31);3-4H,1-2H3;2*1-2H3;2H,1H3/b;4-3-;;;. The van der Waals surface area contributed by atoms with Crippen molar-refractivity contribution in [3.63, 3.8) is 0 Å². The average Bonchev–Trinajstić information content (AvgIpc) is 3.06. The molecule has 9 nitrogen and oxygen atoms in total. The van der Waals surface area contributed by atoms with Crippen molar-refractivity contribution in [1.82, 2.24) is 4.98 Å². The van der Waals surface area contributed by atoms with Gasteiger partial charge in [0.25, 0.3) is 11.8 Å². The van der Waals surface area contributed by atoms with E-state index >= 15 is 0 Å². The molecule has 9 heteroatoms. The van der Waals surface area contributed by atoms with Crippen LogP contribution in [0.2, 0.25) is 0 Å². The molecule has 2 heterocycles. The summed E-state index contributed by atoms with van der Waals surface area (Å²) in [4.78, 5) is 31.8. The molecule has 0 unspecified atom stereocenters. The predicted octanol–water partition coefficient (Wildman–Crippen LogP) is 6.68. The van der Waals surface area contributed by atoms with Crippen LogP contribution in [0.5, 0.6) is 5.75 Å². The molecule has 42 heavy (non-hydrogen) atoms. The molecular formula is C33H48N4O5. The van der Waals surface area contributed by atoms with Crippen molar-refractivity contribution in [2.24, 2.45) is 0 Å². The molecule has 230 valence electrons. The lowest BCUT2D eigenvalue weighted by molar-refractivity contribution is 0.101. The highest BCUT2D eigenvalue weighted by Gasteiger charge is 2.15. The number of aryl methyl sites for hydroxylation is 1. The zero-order valence-corrected chi connectivity index (χ0v) is 26.3. The summed E-state index contributed by atoms with van der Waals surface area (Å²) < 4.78 is 5.37. The fourth-order valence-corrected chi connectivity index (χ4v) is 3.40. The lowest BCUT2D eigenvalue weighted by Gasteiger charge is -2.27. The first kappa shape index (κ1) is 37.8. The fraction of sp³-hybridized carbons (Fsp3) is 0.364. The lowest BCUT2D eigenvalue weighted by atomic mass is 10.1. The number of morpholine rings is 1. The van der Waals surface area contributed by atoms with Crippen molar-refractivity contribution in [3.05, 3.63) is 89.6 Å². The predicted molar refractivity (Wildman–Crippen MR) is 174 cm³/mol. The van der Waals surface area contributed by atoms with Crippen molar-refractivity contribution in [1.29, 1.82) is 0 Å². The number of pyridine rings is 1. The molecule has 4 N–H and O–H groups in total. The Morgan fingerprint density at radius 1 is 0.857 bits per heavy atom. The van der Waals surface area contributed by atoms with Crippen LogP contribution in [0.1, 0.15) is 67.8 Å². The van der Waals surface area contributed by atoms with Gasteiger partial charge in [-0.3, -0.25) is 9.59 Å². The van der Waals surface area contributed by atoms with Gasteiger partial charge in [0, 0.05) is 48.9 Å². The maximum Gasteiger partial charge on any atom is 0.255 e. The first-order chi connectivity index (χ1) is 20.4. The van der Waals surface area contributed by atoms with E-state index in [1.807, 2.05) is 66.7 Å². The molecule has 1 saturated heterocycles. The zero-order valence-electron chi connectivity index (χ0n) is 26.3. The second-order valence-electron chi connectivity index (χ2n) is 8.16.